The molecule has 26 heavy (non-hydrogen) atoms. The molecule has 1 unspecified atom stereocenters. The maximum absolute atomic E-state index is 13.1. The summed E-state index contributed by atoms with van der Waals surface area (Å²) in [5.41, 5.74) is -0.865. The van der Waals surface area contributed by atoms with Gasteiger partial charge in [0.25, 0.3) is 5.91 Å². The van der Waals surface area contributed by atoms with Gasteiger partial charge < -0.3 is 15.0 Å². The molecule has 1 spiro atoms. The van der Waals surface area contributed by atoms with Crippen molar-refractivity contribution >= 4 is 17.9 Å². The van der Waals surface area contributed by atoms with Crippen LogP contribution in [0.2, 0.25) is 0 Å². The van der Waals surface area contributed by atoms with Gasteiger partial charge in [0, 0.05) is 19.6 Å². The van der Waals surface area contributed by atoms with Crippen LogP contribution in [0.15, 0.2) is 0 Å². The van der Waals surface area contributed by atoms with Crippen LogP contribution in [0.1, 0.15) is 53.9 Å². The van der Waals surface area contributed by atoms with Gasteiger partial charge in [0.05, 0.1) is 6.61 Å². The number of nitrogens with zero attached hydrogens (tertiary/aromatic N) is 2. The molecule has 1 N–H and O–H groups in total. The summed E-state index contributed by atoms with van der Waals surface area (Å²) in [6, 6.07) is -1.32. The fourth-order valence-electron chi connectivity index (χ4n) is 3.70. The molecule has 0 saturated carbocycles. The Balaban J connectivity index is 2.07. The first-order chi connectivity index (χ1) is 12.2. The van der Waals surface area contributed by atoms with E-state index in [-0.39, 0.29) is 18.4 Å². The Labute approximate surface area is 156 Å². The SMILES string of the molecule is CCC(C(=O)OCC(C)C)N1C(=O)NC2(CCN(CC(C)C)CC2)C1=O. The van der Waals surface area contributed by atoms with E-state index in [4.69, 9.17) is 4.74 Å². The van der Waals surface area contributed by atoms with Crippen LogP contribution in [0.4, 0.5) is 4.79 Å². The molecule has 7 nitrogen and oxygen atoms in total. The third-order valence-electron chi connectivity index (χ3n) is 5.06. The van der Waals surface area contributed by atoms with Crippen molar-refractivity contribution in [2.75, 3.05) is 26.2 Å². The lowest BCUT2D eigenvalue weighted by atomic mass is 9.87. The summed E-state index contributed by atoms with van der Waals surface area (Å²) in [5.74, 6) is -0.00940. The molecule has 148 valence electrons. The molecular formula is C19H33N3O4. The number of esters is 1. The van der Waals surface area contributed by atoms with Crippen LogP contribution >= 0.6 is 0 Å². The largest absolute Gasteiger partial charge is 0.464 e. The summed E-state index contributed by atoms with van der Waals surface area (Å²) in [6.07, 6.45) is 1.52. The van der Waals surface area contributed by atoms with Crippen molar-refractivity contribution in [3.8, 4) is 0 Å². The quantitative estimate of drug-likeness (QED) is 0.550. The Morgan fingerprint density at radius 1 is 1.15 bits per heavy atom. The molecule has 0 aliphatic carbocycles. The van der Waals surface area contributed by atoms with Gasteiger partial charge in [-0.2, -0.15) is 0 Å². The zero-order chi connectivity index (χ0) is 19.5. The molecule has 3 amide bonds. The predicted molar refractivity (Wildman–Crippen MR) is 98.5 cm³/mol. The number of hydrogen-bond donors (Lipinski definition) is 1. The standard InChI is InChI=1S/C19H33N3O4/c1-6-15(16(23)26-12-14(4)5)22-17(24)19(20-18(22)25)7-9-21(10-8-19)11-13(2)3/h13-15H,6-12H2,1-5H3,(H,20,25). The first-order valence-corrected chi connectivity index (χ1v) is 9.75. The Kier molecular flexibility index (Phi) is 6.66. The summed E-state index contributed by atoms with van der Waals surface area (Å²) in [5, 5.41) is 2.88. The van der Waals surface area contributed by atoms with Crippen LogP contribution in [0, 0.1) is 11.8 Å². The van der Waals surface area contributed by atoms with E-state index >= 15 is 0 Å². The Hall–Kier alpha value is -1.63. The van der Waals surface area contributed by atoms with Gasteiger partial charge in [-0.15, -0.1) is 0 Å². The molecule has 0 aromatic rings. The molecule has 2 fully saturated rings. The van der Waals surface area contributed by atoms with Crippen LogP contribution in [0.3, 0.4) is 0 Å². The van der Waals surface area contributed by atoms with Crippen molar-refractivity contribution in [3.05, 3.63) is 0 Å². The second-order valence-electron chi connectivity index (χ2n) is 8.33. The molecule has 2 rings (SSSR count). The van der Waals surface area contributed by atoms with Gasteiger partial charge in [0.2, 0.25) is 0 Å². The second-order valence-corrected chi connectivity index (χ2v) is 8.33. The van der Waals surface area contributed by atoms with E-state index in [2.05, 4.69) is 24.1 Å². The fraction of sp³-hybridized carbons (Fsp3) is 0.842. The Morgan fingerprint density at radius 2 is 1.77 bits per heavy atom. The average Bonchev–Trinajstić information content (AvgIpc) is 2.80. The second kappa shape index (κ2) is 8.37. The lowest BCUT2D eigenvalue weighted by Crippen LogP contribution is -2.56. The number of imide groups is 1. The maximum atomic E-state index is 13.1. The smallest absolute Gasteiger partial charge is 0.329 e. The predicted octanol–water partition coefficient (Wildman–Crippen LogP) is 2.01. The minimum atomic E-state index is -0.865. The van der Waals surface area contributed by atoms with E-state index < -0.39 is 23.6 Å². The van der Waals surface area contributed by atoms with Crippen molar-refractivity contribution in [2.45, 2.75) is 65.5 Å². The van der Waals surface area contributed by atoms with E-state index in [0.29, 0.717) is 25.2 Å². The van der Waals surface area contributed by atoms with Crippen LogP contribution in [-0.4, -0.2) is 65.5 Å². The van der Waals surface area contributed by atoms with Gasteiger partial charge in [0.1, 0.15) is 11.6 Å². The Morgan fingerprint density at radius 3 is 2.27 bits per heavy atom. The number of amides is 3. The molecule has 2 aliphatic rings. The van der Waals surface area contributed by atoms with E-state index in [9.17, 15) is 14.4 Å². The highest BCUT2D eigenvalue weighted by Crippen LogP contribution is 2.31. The molecule has 1 atom stereocenters. The monoisotopic (exact) mass is 367 g/mol. The van der Waals surface area contributed by atoms with E-state index in [1.54, 1.807) is 6.92 Å². The summed E-state index contributed by atoms with van der Waals surface area (Å²) >= 11 is 0. The molecular weight excluding hydrogens is 334 g/mol. The van der Waals surface area contributed by atoms with Gasteiger partial charge in [-0.25, -0.2) is 14.5 Å². The van der Waals surface area contributed by atoms with Crippen molar-refractivity contribution < 1.29 is 19.1 Å². The summed E-state index contributed by atoms with van der Waals surface area (Å²) in [6.45, 7) is 12.8. The number of nitrogens with one attached hydrogen (secondary N) is 1. The van der Waals surface area contributed by atoms with Gasteiger partial charge in [-0.3, -0.25) is 4.79 Å². The maximum Gasteiger partial charge on any atom is 0.329 e. The van der Waals surface area contributed by atoms with E-state index in [0.717, 1.165) is 24.5 Å². The third kappa shape index (κ3) is 4.37. The van der Waals surface area contributed by atoms with Crippen LogP contribution in [0.5, 0.6) is 0 Å². The van der Waals surface area contributed by atoms with Crippen LogP contribution in [0.25, 0.3) is 0 Å². The number of urea groups is 1. The molecule has 2 heterocycles. The minimum absolute atomic E-state index is 0.205. The van der Waals surface area contributed by atoms with Crippen LogP contribution < -0.4 is 5.32 Å². The molecule has 0 aromatic carbocycles. The zero-order valence-corrected chi connectivity index (χ0v) is 16.7. The lowest BCUT2D eigenvalue weighted by molar-refractivity contribution is -0.154. The molecule has 7 heteroatoms. The highest BCUT2D eigenvalue weighted by atomic mass is 16.5. The van der Waals surface area contributed by atoms with Crippen molar-refractivity contribution in [3.63, 3.8) is 0 Å². The van der Waals surface area contributed by atoms with Gasteiger partial charge in [-0.1, -0.05) is 34.6 Å². The lowest BCUT2D eigenvalue weighted by Gasteiger charge is -2.38. The number of carbonyl (C=O) groups is 3. The number of rotatable bonds is 7. The Bertz CT molecular complexity index is 539. The summed E-state index contributed by atoms with van der Waals surface area (Å²) < 4.78 is 5.28. The molecule has 0 radical (unpaired) electrons. The molecule has 2 saturated heterocycles. The zero-order valence-electron chi connectivity index (χ0n) is 16.7. The highest BCUT2D eigenvalue weighted by Gasteiger charge is 2.55. The third-order valence-corrected chi connectivity index (χ3v) is 5.06. The highest BCUT2D eigenvalue weighted by molar-refractivity contribution is 6.09. The van der Waals surface area contributed by atoms with Gasteiger partial charge in [0.15, 0.2) is 0 Å². The van der Waals surface area contributed by atoms with Crippen molar-refractivity contribution in [1.29, 1.82) is 0 Å². The minimum Gasteiger partial charge on any atom is -0.464 e. The van der Waals surface area contributed by atoms with Crippen molar-refractivity contribution in [2.24, 2.45) is 11.8 Å². The molecule has 0 bridgehead atoms. The number of piperidine rings is 1. The first-order valence-electron chi connectivity index (χ1n) is 9.75. The normalized spacial score (nSPS) is 21.6. The van der Waals surface area contributed by atoms with Gasteiger partial charge >= 0.3 is 12.0 Å². The number of carbonyl (C=O) groups excluding carboxylic acids is 3. The number of ether oxygens (including phenoxy) is 1. The summed E-state index contributed by atoms with van der Waals surface area (Å²) in [7, 11) is 0. The van der Waals surface area contributed by atoms with Crippen LogP contribution in [-0.2, 0) is 14.3 Å². The molecule has 2 aliphatic heterocycles. The van der Waals surface area contributed by atoms with Crippen molar-refractivity contribution in [1.82, 2.24) is 15.1 Å². The van der Waals surface area contributed by atoms with Gasteiger partial charge in [-0.05, 0) is 31.1 Å². The summed E-state index contributed by atoms with van der Waals surface area (Å²) in [4.78, 5) is 41.4. The van der Waals surface area contributed by atoms with E-state index in [1.165, 1.54) is 0 Å². The number of likely N-dealkylation sites (tertiary alicyclic amines) is 1. The van der Waals surface area contributed by atoms with E-state index in [1.807, 2.05) is 13.8 Å². The average molecular weight is 367 g/mol. The number of hydrogen-bond acceptors (Lipinski definition) is 5. The topological polar surface area (TPSA) is 79.0 Å². The first kappa shape index (κ1) is 20.7. The fourth-order valence-corrected chi connectivity index (χ4v) is 3.70. The molecule has 0 aromatic heterocycles.